The van der Waals surface area contributed by atoms with Gasteiger partial charge in [0.25, 0.3) is 12.0 Å². The summed E-state index contributed by atoms with van der Waals surface area (Å²) in [6.45, 7) is 2.13. The molecule has 5 heteroatoms. The summed E-state index contributed by atoms with van der Waals surface area (Å²) < 4.78 is 4.21. The Kier molecular flexibility index (Phi) is 2.37. The lowest BCUT2D eigenvalue weighted by Crippen LogP contribution is -2.32. The van der Waals surface area contributed by atoms with Crippen LogP contribution in [0.4, 0.5) is 0 Å². The minimum atomic E-state index is 0.799. The molecule has 0 aliphatic heterocycles. The summed E-state index contributed by atoms with van der Waals surface area (Å²) in [5, 5.41) is 2.05. The van der Waals surface area contributed by atoms with E-state index in [4.69, 9.17) is 0 Å². The third kappa shape index (κ3) is 1.50. The van der Waals surface area contributed by atoms with Crippen LogP contribution in [0.1, 0.15) is 5.56 Å². The number of fused-ring (bicyclic) bond motifs is 3. The molecule has 0 radical (unpaired) electrons. The zero-order chi connectivity index (χ0) is 13.7. The highest BCUT2D eigenvalue weighted by Crippen LogP contribution is 2.28. The highest BCUT2D eigenvalue weighted by atomic mass is 32.1. The Morgan fingerprint density at radius 2 is 2.05 bits per heavy atom. The molecule has 98 valence electrons. The average molecular weight is 281 g/mol. The number of hydrogen-bond acceptors (Lipinski definition) is 3. The Morgan fingerprint density at radius 3 is 2.90 bits per heavy atom. The summed E-state index contributed by atoms with van der Waals surface area (Å²) in [4.78, 5) is 9.02. The Morgan fingerprint density at radius 1 is 1.20 bits per heavy atom. The van der Waals surface area contributed by atoms with Crippen molar-refractivity contribution in [1.82, 2.24) is 13.8 Å². The molecule has 0 aliphatic rings. The number of rotatable bonds is 1. The molecule has 4 rings (SSSR count). The van der Waals surface area contributed by atoms with Gasteiger partial charge >= 0.3 is 0 Å². The van der Waals surface area contributed by atoms with Crippen LogP contribution in [0.2, 0.25) is 0 Å². The van der Waals surface area contributed by atoms with Crippen LogP contribution < -0.4 is 4.57 Å². The molecular weight excluding hydrogens is 268 g/mol. The van der Waals surface area contributed by atoms with Gasteiger partial charge in [-0.1, -0.05) is 35.8 Å². The smallest absolute Gasteiger partial charge is 0.239 e. The zero-order valence-electron chi connectivity index (χ0n) is 11.2. The van der Waals surface area contributed by atoms with Crippen LogP contribution >= 0.6 is 11.5 Å². The van der Waals surface area contributed by atoms with Crippen molar-refractivity contribution in [2.75, 3.05) is 0 Å². The first-order valence-electron chi connectivity index (χ1n) is 6.42. The van der Waals surface area contributed by atoms with E-state index in [0.717, 1.165) is 22.5 Å². The molecule has 20 heavy (non-hydrogen) atoms. The van der Waals surface area contributed by atoms with Gasteiger partial charge in [-0.25, -0.2) is 8.36 Å². The van der Waals surface area contributed by atoms with Crippen molar-refractivity contribution < 1.29 is 4.57 Å². The van der Waals surface area contributed by atoms with Crippen molar-refractivity contribution in [2.24, 2.45) is 7.05 Å². The lowest BCUT2D eigenvalue weighted by atomic mass is 10.0. The molecule has 0 N–H and O–H groups in total. The largest absolute Gasteiger partial charge is 0.297 e. The van der Waals surface area contributed by atoms with Gasteiger partial charge in [0, 0.05) is 10.9 Å². The highest BCUT2D eigenvalue weighted by molar-refractivity contribution is 7.05. The van der Waals surface area contributed by atoms with E-state index in [-0.39, 0.29) is 0 Å². The molecule has 0 fully saturated rings. The maximum atomic E-state index is 4.58. The van der Waals surface area contributed by atoms with E-state index >= 15 is 0 Å². The topological polar surface area (TPSA) is 34.1 Å². The molecule has 0 bridgehead atoms. The van der Waals surface area contributed by atoms with E-state index in [0.29, 0.717) is 0 Å². The van der Waals surface area contributed by atoms with Crippen molar-refractivity contribution in [3.63, 3.8) is 0 Å². The first-order valence-corrected chi connectivity index (χ1v) is 7.26. The normalized spacial score (nSPS) is 11.5. The molecule has 0 atom stereocenters. The number of nitrogens with zero attached hydrogens (tertiary/aromatic N) is 4. The van der Waals surface area contributed by atoms with Crippen LogP contribution in [0.25, 0.3) is 28.1 Å². The minimum Gasteiger partial charge on any atom is -0.239 e. The summed E-state index contributed by atoms with van der Waals surface area (Å²) in [7, 11) is 2.03. The zero-order valence-corrected chi connectivity index (χ0v) is 12.1. The molecule has 1 aromatic carbocycles. The second kappa shape index (κ2) is 4.11. The SMILES string of the molecule is Cc1ccccc1-c1c2c(nc[n+]1C)nc1ccsn12. The van der Waals surface area contributed by atoms with Gasteiger partial charge in [0.05, 0.1) is 7.05 Å². The molecule has 3 heterocycles. The molecule has 0 aliphatic carbocycles. The average Bonchev–Trinajstić information content (AvgIpc) is 3.01. The van der Waals surface area contributed by atoms with Crippen LogP contribution in [0.15, 0.2) is 42.0 Å². The fourth-order valence-corrected chi connectivity index (χ4v) is 3.38. The van der Waals surface area contributed by atoms with Crippen LogP contribution in [0.3, 0.4) is 0 Å². The van der Waals surface area contributed by atoms with Gasteiger partial charge in [-0.15, -0.1) is 0 Å². The van der Waals surface area contributed by atoms with E-state index in [9.17, 15) is 0 Å². The van der Waals surface area contributed by atoms with E-state index in [1.54, 1.807) is 11.5 Å². The maximum absolute atomic E-state index is 4.58. The summed E-state index contributed by atoms with van der Waals surface area (Å²) >= 11 is 1.65. The fourth-order valence-electron chi connectivity index (χ4n) is 2.59. The lowest BCUT2D eigenvalue weighted by Gasteiger charge is -2.06. The van der Waals surface area contributed by atoms with Crippen LogP contribution in [-0.2, 0) is 7.05 Å². The van der Waals surface area contributed by atoms with Gasteiger partial charge in [-0.3, -0.25) is 0 Å². The molecule has 0 saturated carbocycles. The fraction of sp³-hybridized carbons (Fsp3) is 0.133. The molecule has 0 amide bonds. The minimum absolute atomic E-state index is 0.799. The number of hydrogen-bond donors (Lipinski definition) is 0. The standard InChI is InChI=1S/C15H13N4S/c1-10-5-3-4-6-11(10)13-14-15(16-9-18(13)2)17-12-7-8-20-19(12)14/h3-9H,1-2H3/q+1. The number of imidazole rings is 1. The molecule has 4 nitrogen and oxygen atoms in total. The quantitative estimate of drug-likeness (QED) is 0.503. The van der Waals surface area contributed by atoms with Crippen LogP contribution in [0.5, 0.6) is 0 Å². The third-order valence-electron chi connectivity index (χ3n) is 3.56. The van der Waals surface area contributed by atoms with Gasteiger partial charge in [-0.2, -0.15) is 4.98 Å². The summed E-state index contributed by atoms with van der Waals surface area (Å²) in [6, 6.07) is 10.4. The number of benzene rings is 1. The second-order valence-corrected chi connectivity index (χ2v) is 5.71. The molecule has 0 saturated heterocycles. The summed E-state index contributed by atoms with van der Waals surface area (Å²) in [5.41, 5.74) is 6.46. The molecule has 0 spiro atoms. The van der Waals surface area contributed by atoms with Gasteiger partial charge in [0.15, 0.2) is 16.9 Å². The highest BCUT2D eigenvalue weighted by Gasteiger charge is 2.21. The van der Waals surface area contributed by atoms with Gasteiger partial charge in [0.2, 0.25) is 0 Å². The number of aryl methyl sites for hydroxylation is 2. The van der Waals surface area contributed by atoms with Gasteiger partial charge in [0.1, 0.15) is 0 Å². The predicted molar refractivity (Wildman–Crippen MR) is 79.7 cm³/mol. The summed E-state index contributed by atoms with van der Waals surface area (Å²) in [6.07, 6.45) is 1.83. The molecule has 0 unspecified atom stereocenters. The van der Waals surface area contributed by atoms with Crippen molar-refractivity contribution >= 4 is 28.3 Å². The van der Waals surface area contributed by atoms with Gasteiger partial charge < -0.3 is 0 Å². The first kappa shape index (κ1) is 11.5. The molecular formula is C15H13N4S+. The Hall–Kier alpha value is -2.27. The lowest BCUT2D eigenvalue weighted by molar-refractivity contribution is -0.662. The summed E-state index contributed by atoms with van der Waals surface area (Å²) in [5.74, 6) is 0. The molecule has 3 aromatic heterocycles. The van der Waals surface area contributed by atoms with Crippen molar-refractivity contribution in [1.29, 1.82) is 0 Å². The van der Waals surface area contributed by atoms with E-state index in [1.165, 1.54) is 11.1 Å². The van der Waals surface area contributed by atoms with Crippen LogP contribution in [-0.4, -0.2) is 13.8 Å². The molecule has 4 aromatic rings. The Bertz CT molecular complexity index is 936. The van der Waals surface area contributed by atoms with E-state index in [1.807, 2.05) is 19.4 Å². The van der Waals surface area contributed by atoms with E-state index < -0.39 is 0 Å². The van der Waals surface area contributed by atoms with Crippen LogP contribution in [0, 0.1) is 6.92 Å². The van der Waals surface area contributed by atoms with Gasteiger partial charge in [-0.05, 0) is 23.5 Å². The van der Waals surface area contributed by atoms with Crippen molar-refractivity contribution in [3.05, 3.63) is 47.6 Å². The number of aromatic nitrogens is 4. The van der Waals surface area contributed by atoms with Crippen molar-refractivity contribution in [2.45, 2.75) is 6.92 Å². The monoisotopic (exact) mass is 281 g/mol. The predicted octanol–water partition coefficient (Wildman–Crippen LogP) is 2.74. The Balaban J connectivity index is 2.22. The Labute approximate surface area is 120 Å². The van der Waals surface area contributed by atoms with E-state index in [2.05, 4.69) is 54.9 Å². The maximum Gasteiger partial charge on any atom is 0.297 e. The second-order valence-electron chi connectivity index (χ2n) is 4.86. The van der Waals surface area contributed by atoms with Crippen molar-refractivity contribution in [3.8, 4) is 11.3 Å². The third-order valence-corrected chi connectivity index (χ3v) is 4.40. The first-order chi connectivity index (χ1) is 9.75.